The maximum absolute atomic E-state index is 13.7. The maximum atomic E-state index is 13.7. The van der Waals surface area contributed by atoms with Gasteiger partial charge in [0.15, 0.2) is 0 Å². The van der Waals surface area contributed by atoms with Gasteiger partial charge in [0.1, 0.15) is 11.5 Å². The SMILES string of the molecule is Nc1nccc2cc(CNC(=O)c3cn(Cc4ccc5ncc(Cl)cc5c4)nc3C(F)F)ccc12. The molecule has 2 aromatic carbocycles. The summed E-state index contributed by atoms with van der Waals surface area (Å²) in [7, 11) is 0. The topological polar surface area (TPSA) is 98.7 Å². The number of nitrogens with one attached hydrogen (secondary N) is 1. The van der Waals surface area contributed by atoms with Crippen LogP contribution in [0.15, 0.2) is 67.1 Å². The molecule has 10 heteroatoms. The third-order valence-electron chi connectivity index (χ3n) is 5.61. The van der Waals surface area contributed by atoms with Crippen LogP contribution in [-0.2, 0) is 13.1 Å². The van der Waals surface area contributed by atoms with E-state index >= 15 is 0 Å². The summed E-state index contributed by atoms with van der Waals surface area (Å²) in [5.74, 6) is -0.215. The van der Waals surface area contributed by atoms with Crippen molar-refractivity contribution in [2.45, 2.75) is 19.5 Å². The zero-order chi connectivity index (χ0) is 24.5. The highest BCUT2D eigenvalue weighted by atomic mass is 35.5. The van der Waals surface area contributed by atoms with E-state index < -0.39 is 18.0 Å². The molecule has 0 aliphatic carbocycles. The fraction of sp³-hybridized carbons (Fsp3) is 0.120. The van der Waals surface area contributed by atoms with Gasteiger partial charge in [-0.2, -0.15) is 5.10 Å². The van der Waals surface area contributed by atoms with E-state index in [0.717, 1.165) is 32.8 Å². The Morgan fingerprint density at radius 3 is 2.69 bits per heavy atom. The molecule has 0 fully saturated rings. The van der Waals surface area contributed by atoms with Crippen LogP contribution in [0.3, 0.4) is 0 Å². The molecule has 3 N–H and O–H groups in total. The molecule has 0 unspecified atom stereocenters. The lowest BCUT2D eigenvalue weighted by atomic mass is 10.1. The second-order valence-corrected chi connectivity index (χ2v) is 8.48. The minimum Gasteiger partial charge on any atom is -0.383 e. The van der Waals surface area contributed by atoms with Gasteiger partial charge in [0.2, 0.25) is 0 Å². The van der Waals surface area contributed by atoms with Gasteiger partial charge in [-0.1, -0.05) is 29.8 Å². The number of benzene rings is 2. The molecular formula is C25H19ClF2N6O. The number of amides is 1. The highest BCUT2D eigenvalue weighted by molar-refractivity contribution is 6.31. The van der Waals surface area contributed by atoms with Crippen molar-refractivity contribution in [3.05, 3.63) is 94.5 Å². The molecule has 3 aromatic heterocycles. The fourth-order valence-corrected chi connectivity index (χ4v) is 4.10. The van der Waals surface area contributed by atoms with Crippen molar-refractivity contribution in [3.63, 3.8) is 0 Å². The summed E-state index contributed by atoms with van der Waals surface area (Å²) >= 11 is 6.02. The van der Waals surface area contributed by atoms with E-state index in [9.17, 15) is 13.6 Å². The molecule has 0 bridgehead atoms. The summed E-state index contributed by atoms with van der Waals surface area (Å²) in [6.07, 6.45) is 1.60. The van der Waals surface area contributed by atoms with Gasteiger partial charge >= 0.3 is 0 Å². The number of fused-ring (bicyclic) bond motifs is 2. The quantitative estimate of drug-likeness (QED) is 0.342. The van der Waals surface area contributed by atoms with Crippen LogP contribution in [0.25, 0.3) is 21.7 Å². The van der Waals surface area contributed by atoms with E-state index in [0.29, 0.717) is 10.8 Å². The fourth-order valence-electron chi connectivity index (χ4n) is 3.93. The van der Waals surface area contributed by atoms with Gasteiger partial charge in [-0.15, -0.1) is 0 Å². The number of alkyl halides is 2. The van der Waals surface area contributed by atoms with Crippen molar-refractivity contribution in [1.29, 1.82) is 0 Å². The Labute approximate surface area is 203 Å². The summed E-state index contributed by atoms with van der Waals surface area (Å²) < 4.78 is 28.7. The maximum Gasteiger partial charge on any atom is 0.282 e. The van der Waals surface area contributed by atoms with Gasteiger partial charge in [0, 0.05) is 35.9 Å². The molecule has 0 aliphatic rings. The third-order valence-corrected chi connectivity index (χ3v) is 5.82. The number of hydrogen-bond acceptors (Lipinski definition) is 5. The molecule has 0 atom stereocenters. The van der Waals surface area contributed by atoms with E-state index in [1.54, 1.807) is 24.5 Å². The van der Waals surface area contributed by atoms with E-state index in [1.807, 2.05) is 36.4 Å². The Morgan fingerprint density at radius 1 is 1.06 bits per heavy atom. The summed E-state index contributed by atoms with van der Waals surface area (Å²) in [5.41, 5.74) is 7.51. The van der Waals surface area contributed by atoms with Crippen molar-refractivity contribution in [3.8, 4) is 0 Å². The minimum absolute atomic E-state index is 0.156. The van der Waals surface area contributed by atoms with Gasteiger partial charge < -0.3 is 11.1 Å². The lowest BCUT2D eigenvalue weighted by molar-refractivity contribution is 0.0936. The number of pyridine rings is 2. The molecule has 3 heterocycles. The van der Waals surface area contributed by atoms with E-state index in [1.165, 1.54) is 10.9 Å². The first kappa shape index (κ1) is 22.7. The molecule has 0 saturated heterocycles. The Balaban J connectivity index is 1.35. The Kier molecular flexibility index (Phi) is 6.00. The number of halogens is 3. The second-order valence-electron chi connectivity index (χ2n) is 8.04. The molecule has 35 heavy (non-hydrogen) atoms. The Morgan fingerprint density at radius 2 is 1.86 bits per heavy atom. The third kappa shape index (κ3) is 4.76. The van der Waals surface area contributed by atoms with Gasteiger partial charge in [-0.3, -0.25) is 14.5 Å². The number of anilines is 1. The van der Waals surface area contributed by atoms with Crippen molar-refractivity contribution < 1.29 is 13.6 Å². The predicted octanol–water partition coefficient (Wildman–Crippen LogP) is 5.13. The lowest BCUT2D eigenvalue weighted by Gasteiger charge is -2.07. The first-order chi connectivity index (χ1) is 16.9. The monoisotopic (exact) mass is 492 g/mol. The van der Waals surface area contributed by atoms with Crippen molar-refractivity contribution in [2.24, 2.45) is 0 Å². The summed E-state index contributed by atoms with van der Waals surface area (Å²) in [5, 5.41) is 9.67. The summed E-state index contributed by atoms with van der Waals surface area (Å²) in [6, 6.07) is 14.6. The average Bonchev–Trinajstić information content (AvgIpc) is 3.26. The van der Waals surface area contributed by atoms with E-state index in [-0.39, 0.29) is 18.7 Å². The molecule has 0 spiro atoms. The largest absolute Gasteiger partial charge is 0.383 e. The van der Waals surface area contributed by atoms with Crippen LogP contribution in [0.5, 0.6) is 0 Å². The minimum atomic E-state index is -2.90. The molecular weight excluding hydrogens is 474 g/mol. The zero-order valence-electron chi connectivity index (χ0n) is 18.3. The first-order valence-electron chi connectivity index (χ1n) is 10.7. The van der Waals surface area contributed by atoms with E-state index in [4.69, 9.17) is 17.3 Å². The number of nitrogens with two attached hydrogens (primary N) is 1. The zero-order valence-corrected chi connectivity index (χ0v) is 19.0. The molecule has 7 nitrogen and oxygen atoms in total. The van der Waals surface area contributed by atoms with Crippen LogP contribution in [0.1, 0.15) is 33.6 Å². The number of aromatic nitrogens is 4. The van der Waals surface area contributed by atoms with Gasteiger partial charge in [-0.25, -0.2) is 13.8 Å². The van der Waals surface area contributed by atoms with Crippen LogP contribution < -0.4 is 11.1 Å². The van der Waals surface area contributed by atoms with Crippen LogP contribution in [0.2, 0.25) is 5.02 Å². The van der Waals surface area contributed by atoms with E-state index in [2.05, 4.69) is 20.4 Å². The van der Waals surface area contributed by atoms with Crippen LogP contribution in [-0.4, -0.2) is 25.7 Å². The average molecular weight is 493 g/mol. The van der Waals surface area contributed by atoms with Crippen LogP contribution in [0.4, 0.5) is 14.6 Å². The van der Waals surface area contributed by atoms with Gasteiger partial charge in [-0.05, 0) is 46.8 Å². The van der Waals surface area contributed by atoms with Crippen LogP contribution >= 0.6 is 11.6 Å². The molecule has 0 saturated carbocycles. The number of nitrogens with zero attached hydrogens (tertiary/aromatic N) is 4. The standard InChI is InChI=1S/C25H19ClF2N6O/c26-18-9-17-8-15(2-4-21(17)31-11-18)12-34-13-20(22(33-34)23(27)28)25(35)32-10-14-1-3-19-16(7-14)5-6-30-24(19)29/h1-9,11,13,23H,10,12H2,(H2,29,30)(H,32,35). The first-order valence-corrected chi connectivity index (χ1v) is 11.1. The van der Waals surface area contributed by atoms with Crippen molar-refractivity contribution >= 4 is 45.0 Å². The lowest BCUT2D eigenvalue weighted by Crippen LogP contribution is -2.23. The molecule has 0 radical (unpaired) electrons. The molecule has 1 amide bonds. The Hall–Kier alpha value is -4.11. The van der Waals surface area contributed by atoms with Gasteiger partial charge in [0.25, 0.3) is 12.3 Å². The second kappa shape index (κ2) is 9.27. The number of carbonyl (C=O) groups is 1. The highest BCUT2D eigenvalue weighted by Gasteiger charge is 2.23. The smallest absolute Gasteiger partial charge is 0.282 e. The molecule has 5 rings (SSSR count). The predicted molar refractivity (Wildman–Crippen MR) is 130 cm³/mol. The molecule has 176 valence electrons. The number of hydrogen-bond donors (Lipinski definition) is 2. The normalized spacial score (nSPS) is 11.4. The molecule has 5 aromatic rings. The Bertz CT molecular complexity index is 1570. The summed E-state index contributed by atoms with van der Waals surface area (Å²) in [4.78, 5) is 21.1. The highest BCUT2D eigenvalue weighted by Crippen LogP contribution is 2.24. The summed E-state index contributed by atoms with van der Waals surface area (Å²) in [6.45, 7) is 0.360. The molecule has 0 aliphatic heterocycles. The number of carbonyl (C=O) groups excluding carboxylic acids is 1. The van der Waals surface area contributed by atoms with Crippen molar-refractivity contribution in [1.82, 2.24) is 25.1 Å². The van der Waals surface area contributed by atoms with Crippen molar-refractivity contribution in [2.75, 3.05) is 5.73 Å². The van der Waals surface area contributed by atoms with Gasteiger partial charge in [0.05, 0.1) is 22.6 Å². The number of nitrogen functional groups attached to an aromatic ring is 1. The number of rotatable bonds is 6. The van der Waals surface area contributed by atoms with Crippen LogP contribution in [0, 0.1) is 0 Å².